The van der Waals surface area contributed by atoms with E-state index >= 15 is 0 Å². The molecule has 0 aliphatic heterocycles. The number of carbonyl (C=O) groups is 3. The number of carbonyl (C=O) groups excluding carboxylic acids is 3. The molecule has 1 aliphatic rings. The summed E-state index contributed by atoms with van der Waals surface area (Å²) in [4.78, 5) is 41.4. The molecule has 10 heteroatoms. The van der Waals surface area contributed by atoms with Gasteiger partial charge in [-0.15, -0.1) is 5.10 Å². The molecular weight excluding hydrogens is 510 g/mol. The molecule has 10 nitrogen and oxygen atoms in total. The second-order valence-electron chi connectivity index (χ2n) is 10.1. The molecule has 0 spiro atoms. The van der Waals surface area contributed by atoms with E-state index in [4.69, 9.17) is 0 Å². The summed E-state index contributed by atoms with van der Waals surface area (Å²) in [5, 5.41) is 31.7. The number of phenolic OH excluding ortho intramolecular Hbond substituents is 2. The van der Waals surface area contributed by atoms with Crippen molar-refractivity contribution in [3.05, 3.63) is 77.9 Å². The number of Topliss-reactive ketones (excluding diaryl/α,β-unsaturated/α-hetero) is 1. The van der Waals surface area contributed by atoms with E-state index in [9.17, 15) is 24.6 Å². The number of rotatable bonds is 8. The first-order valence-corrected chi connectivity index (χ1v) is 13.4. The Hall–Kier alpha value is -4.73. The lowest BCUT2D eigenvalue weighted by Gasteiger charge is -2.33. The lowest BCUT2D eigenvalue weighted by Crippen LogP contribution is -2.48. The Kier molecular flexibility index (Phi) is 7.77. The molecule has 0 radical (unpaired) electrons. The first kappa shape index (κ1) is 26.9. The number of fused-ring (bicyclic) bond motifs is 1. The molecule has 0 saturated heterocycles. The summed E-state index contributed by atoms with van der Waals surface area (Å²) in [5.41, 5.74) is 2.45. The van der Waals surface area contributed by atoms with Crippen LogP contribution in [0.25, 0.3) is 11.0 Å². The Morgan fingerprint density at radius 1 is 0.975 bits per heavy atom. The molecule has 1 atom stereocenters. The van der Waals surface area contributed by atoms with Crippen LogP contribution >= 0.6 is 0 Å². The van der Waals surface area contributed by atoms with E-state index in [-0.39, 0.29) is 24.1 Å². The Labute approximate surface area is 231 Å². The number of amides is 2. The van der Waals surface area contributed by atoms with Gasteiger partial charge in [0.05, 0.1) is 5.52 Å². The predicted octanol–water partition coefficient (Wildman–Crippen LogP) is 4.27. The number of ketones is 1. The normalized spacial score (nSPS) is 14.5. The molecule has 2 amide bonds. The van der Waals surface area contributed by atoms with Crippen LogP contribution in [0.2, 0.25) is 0 Å². The zero-order valence-electron chi connectivity index (χ0n) is 22.2. The van der Waals surface area contributed by atoms with Gasteiger partial charge >= 0.3 is 0 Å². The molecule has 1 aromatic heterocycles. The van der Waals surface area contributed by atoms with Gasteiger partial charge in [-0.2, -0.15) is 0 Å². The van der Waals surface area contributed by atoms with Crippen LogP contribution < -0.4 is 10.2 Å². The molecule has 206 valence electrons. The monoisotopic (exact) mass is 541 g/mol. The van der Waals surface area contributed by atoms with Gasteiger partial charge in [0.25, 0.3) is 0 Å². The van der Waals surface area contributed by atoms with Crippen molar-refractivity contribution in [1.82, 2.24) is 20.3 Å². The molecule has 1 heterocycles. The molecule has 3 aromatic carbocycles. The van der Waals surface area contributed by atoms with Crippen LogP contribution in [0.1, 0.15) is 61.0 Å². The average Bonchev–Trinajstić information content (AvgIpc) is 3.36. The topological polar surface area (TPSA) is 138 Å². The third-order valence-electron chi connectivity index (χ3n) is 7.30. The maximum Gasteiger partial charge on any atom is 0.249 e. The van der Waals surface area contributed by atoms with Gasteiger partial charge in [-0.05, 0) is 73.9 Å². The van der Waals surface area contributed by atoms with Crippen molar-refractivity contribution < 1.29 is 24.6 Å². The molecule has 40 heavy (non-hydrogen) atoms. The van der Waals surface area contributed by atoms with Crippen LogP contribution in [-0.2, 0) is 16.1 Å². The third kappa shape index (κ3) is 5.66. The number of anilines is 1. The van der Waals surface area contributed by atoms with Crippen LogP contribution in [0.5, 0.6) is 11.5 Å². The van der Waals surface area contributed by atoms with Crippen molar-refractivity contribution >= 4 is 34.3 Å². The fourth-order valence-corrected chi connectivity index (χ4v) is 5.19. The number of para-hydroxylation sites is 1. The summed E-state index contributed by atoms with van der Waals surface area (Å²) < 4.78 is 1.47. The Morgan fingerprint density at radius 2 is 1.70 bits per heavy atom. The van der Waals surface area contributed by atoms with Gasteiger partial charge in [0.15, 0.2) is 17.3 Å². The summed E-state index contributed by atoms with van der Waals surface area (Å²) in [6, 6.07) is 16.6. The lowest BCUT2D eigenvalue weighted by molar-refractivity contribution is -0.127. The van der Waals surface area contributed by atoms with Crippen LogP contribution in [0.3, 0.4) is 0 Å². The SMILES string of the molecule is CC(=O)c1ccc(N(C(=O)Cn2nnc3ccccc32)[C@@H](C(=O)NC2CCCCC2)c2ccc(O)c(O)c2)cc1. The van der Waals surface area contributed by atoms with Gasteiger partial charge in [-0.25, -0.2) is 4.68 Å². The van der Waals surface area contributed by atoms with Gasteiger partial charge in [-0.3, -0.25) is 19.3 Å². The smallest absolute Gasteiger partial charge is 0.249 e. The highest BCUT2D eigenvalue weighted by Crippen LogP contribution is 2.34. The van der Waals surface area contributed by atoms with Crippen molar-refractivity contribution in [2.75, 3.05) is 4.90 Å². The van der Waals surface area contributed by atoms with Gasteiger partial charge in [0.1, 0.15) is 18.1 Å². The molecule has 1 saturated carbocycles. The predicted molar refractivity (Wildman–Crippen MR) is 149 cm³/mol. The summed E-state index contributed by atoms with van der Waals surface area (Å²) in [6.45, 7) is 1.24. The van der Waals surface area contributed by atoms with Crippen molar-refractivity contribution in [2.45, 2.75) is 57.7 Å². The Bertz CT molecular complexity index is 1540. The van der Waals surface area contributed by atoms with E-state index in [1.165, 1.54) is 34.7 Å². The second kappa shape index (κ2) is 11.6. The quantitative estimate of drug-likeness (QED) is 0.224. The maximum absolute atomic E-state index is 14.1. The molecule has 5 rings (SSSR count). The van der Waals surface area contributed by atoms with Crippen LogP contribution in [0.15, 0.2) is 66.7 Å². The zero-order valence-corrected chi connectivity index (χ0v) is 22.2. The summed E-state index contributed by atoms with van der Waals surface area (Å²) >= 11 is 0. The van der Waals surface area contributed by atoms with Crippen molar-refractivity contribution in [1.29, 1.82) is 0 Å². The lowest BCUT2D eigenvalue weighted by atomic mass is 9.94. The highest BCUT2D eigenvalue weighted by atomic mass is 16.3. The van der Waals surface area contributed by atoms with E-state index in [0.29, 0.717) is 27.8 Å². The average molecular weight is 542 g/mol. The van der Waals surface area contributed by atoms with Gasteiger partial charge < -0.3 is 15.5 Å². The Balaban J connectivity index is 1.59. The third-order valence-corrected chi connectivity index (χ3v) is 7.30. The molecule has 4 aromatic rings. The van der Waals surface area contributed by atoms with Gasteiger partial charge in [0, 0.05) is 17.3 Å². The fourth-order valence-electron chi connectivity index (χ4n) is 5.19. The molecule has 1 aliphatic carbocycles. The van der Waals surface area contributed by atoms with Crippen LogP contribution in [0, 0.1) is 0 Å². The first-order valence-electron chi connectivity index (χ1n) is 13.4. The number of hydrogen-bond acceptors (Lipinski definition) is 7. The van der Waals surface area contributed by atoms with E-state index in [1.54, 1.807) is 36.4 Å². The van der Waals surface area contributed by atoms with E-state index in [1.807, 2.05) is 12.1 Å². The van der Waals surface area contributed by atoms with Crippen LogP contribution in [0.4, 0.5) is 5.69 Å². The highest BCUT2D eigenvalue weighted by Gasteiger charge is 2.35. The van der Waals surface area contributed by atoms with Crippen molar-refractivity contribution in [2.24, 2.45) is 0 Å². The van der Waals surface area contributed by atoms with E-state index < -0.39 is 23.6 Å². The number of aromatic hydroxyl groups is 2. The number of phenols is 2. The van der Waals surface area contributed by atoms with Crippen molar-refractivity contribution in [3.8, 4) is 11.5 Å². The summed E-state index contributed by atoms with van der Waals surface area (Å²) in [5.74, 6) is -1.75. The number of hydrogen-bond donors (Lipinski definition) is 3. The van der Waals surface area contributed by atoms with Gasteiger partial charge in [-0.1, -0.05) is 42.7 Å². The minimum atomic E-state index is -1.18. The number of benzene rings is 3. The highest BCUT2D eigenvalue weighted by molar-refractivity contribution is 6.02. The Morgan fingerprint density at radius 3 is 2.40 bits per heavy atom. The number of aromatic nitrogens is 3. The fraction of sp³-hybridized carbons (Fsp3) is 0.300. The second-order valence-corrected chi connectivity index (χ2v) is 10.1. The van der Waals surface area contributed by atoms with E-state index in [2.05, 4.69) is 15.6 Å². The van der Waals surface area contributed by atoms with Gasteiger partial charge in [0.2, 0.25) is 11.8 Å². The maximum atomic E-state index is 14.1. The largest absolute Gasteiger partial charge is 0.504 e. The number of nitrogens with one attached hydrogen (secondary N) is 1. The molecule has 1 fully saturated rings. The zero-order chi connectivity index (χ0) is 28.2. The molecule has 3 N–H and O–H groups in total. The summed E-state index contributed by atoms with van der Waals surface area (Å²) in [6.07, 6.45) is 4.80. The van der Waals surface area contributed by atoms with Crippen LogP contribution in [-0.4, -0.2) is 48.8 Å². The molecule has 0 unspecified atom stereocenters. The minimum Gasteiger partial charge on any atom is -0.504 e. The van der Waals surface area contributed by atoms with E-state index in [0.717, 1.165) is 32.1 Å². The molecular formula is C30H31N5O5. The standard InChI is InChI=1S/C30H31N5O5/c1-19(36)20-11-14-23(15-12-20)35(28(39)18-34-25-10-6-5-9-24(25)32-33-34)29(21-13-16-26(37)27(38)17-21)30(40)31-22-7-3-2-4-8-22/h5-6,9-17,22,29,37-38H,2-4,7-8,18H2,1H3,(H,31,40)/t29-/m1/s1. The number of nitrogens with zero attached hydrogens (tertiary/aromatic N) is 4. The first-order chi connectivity index (χ1) is 19.3. The summed E-state index contributed by atoms with van der Waals surface area (Å²) in [7, 11) is 0. The van der Waals surface area contributed by atoms with Crippen molar-refractivity contribution in [3.63, 3.8) is 0 Å². The minimum absolute atomic E-state index is 0.0363. The molecule has 0 bridgehead atoms.